The Morgan fingerprint density at radius 1 is 1.04 bits per heavy atom. The molecule has 0 saturated heterocycles. The molecule has 0 atom stereocenters. The van der Waals surface area contributed by atoms with Crippen LogP contribution >= 0.6 is 11.3 Å². The van der Waals surface area contributed by atoms with E-state index in [9.17, 15) is 9.59 Å². The van der Waals surface area contributed by atoms with Crippen molar-refractivity contribution in [2.75, 3.05) is 5.32 Å². The van der Waals surface area contributed by atoms with E-state index in [2.05, 4.69) is 10.3 Å². The summed E-state index contributed by atoms with van der Waals surface area (Å²) in [7, 11) is 0. The van der Waals surface area contributed by atoms with Crippen LogP contribution in [-0.4, -0.2) is 16.7 Å². The number of amides is 1. The summed E-state index contributed by atoms with van der Waals surface area (Å²) < 4.78 is 1.06. The van der Waals surface area contributed by atoms with E-state index in [1.807, 2.05) is 43.3 Å². The van der Waals surface area contributed by atoms with Gasteiger partial charge in [0.25, 0.3) is 0 Å². The van der Waals surface area contributed by atoms with E-state index in [-0.39, 0.29) is 11.7 Å². The standard InChI is InChI=1S/C19H18N2O2S/c1-13-7-5-11-16-18(13)21-19(24-16)20-17(23)12-6-10-15(22)14-8-3-2-4-9-14/h2-5,7-9,11H,6,10,12H2,1H3,(H,20,21,23). The molecule has 122 valence electrons. The molecule has 24 heavy (non-hydrogen) atoms. The van der Waals surface area contributed by atoms with E-state index in [0.29, 0.717) is 30.0 Å². The zero-order valence-corrected chi connectivity index (χ0v) is 14.2. The molecule has 0 aliphatic rings. The van der Waals surface area contributed by atoms with Gasteiger partial charge in [-0.15, -0.1) is 0 Å². The first-order valence-electron chi connectivity index (χ1n) is 7.88. The van der Waals surface area contributed by atoms with Gasteiger partial charge in [-0.25, -0.2) is 4.98 Å². The second kappa shape index (κ2) is 7.36. The second-order valence-electron chi connectivity index (χ2n) is 5.63. The molecule has 1 amide bonds. The number of carbonyl (C=O) groups is 2. The van der Waals surface area contributed by atoms with E-state index in [4.69, 9.17) is 0 Å². The molecule has 0 radical (unpaired) electrons. The molecular weight excluding hydrogens is 320 g/mol. The maximum Gasteiger partial charge on any atom is 0.226 e. The first kappa shape index (κ1) is 16.3. The monoisotopic (exact) mass is 338 g/mol. The average molecular weight is 338 g/mol. The molecule has 3 rings (SSSR count). The molecule has 0 unspecified atom stereocenters. The molecular formula is C19H18N2O2S. The number of Topliss-reactive ketones (excluding diaryl/α,β-unsaturated/α-hetero) is 1. The highest BCUT2D eigenvalue weighted by Crippen LogP contribution is 2.27. The van der Waals surface area contributed by atoms with Crippen LogP contribution in [0.2, 0.25) is 0 Å². The van der Waals surface area contributed by atoms with E-state index < -0.39 is 0 Å². The molecule has 1 N–H and O–H groups in total. The van der Waals surface area contributed by atoms with Gasteiger partial charge in [0.05, 0.1) is 10.2 Å². The number of nitrogens with one attached hydrogen (secondary N) is 1. The van der Waals surface area contributed by atoms with E-state index >= 15 is 0 Å². The highest BCUT2D eigenvalue weighted by Gasteiger charge is 2.10. The summed E-state index contributed by atoms with van der Waals surface area (Å²) in [6.07, 6.45) is 1.22. The third kappa shape index (κ3) is 3.86. The fraction of sp³-hybridized carbons (Fsp3) is 0.211. The number of anilines is 1. The predicted molar refractivity (Wildman–Crippen MR) is 97.6 cm³/mol. The van der Waals surface area contributed by atoms with Gasteiger partial charge in [0.15, 0.2) is 10.9 Å². The minimum atomic E-state index is -0.104. The topological polar surface area (TPSA) is 59.1 Å². The maximum atomic E-state index is 12.0. The summed E-state index contributed by atoms with van der Waals surface area (Å²) in [6.45, 7) is 2.00. The minimum Gasteiger partial charge on any atom is -0.302 e. The van der Waals surface area contributed by atoms with Crippen molar-refractivity contribution in [2.45, 2.75) is 26.2 Å². The Bertz CT molecular complexity index is 871. The summed E-state index contributed by atoms with van der Waals surface area (Å²) in [5, 5.41) is 3.44. The zero-order chi connectivity index (χ0) is 16.9. The molecule has 0 saturated carbocycles. The van der Waals surface area contributed by atoms with Gasteiger partial charge in [-0.2, -0.15) is 0 Å². The highest BCUT2D eigenvalue weighted by molar-refractivity contribution is 7.22. The first-order valence-corrected chi connectivity index (χ1v) is 8.69. The van der Waals surface area contributed by atoms with E-state index in [0.717, 1.165) is 15.8 Å². The Morgan fingerprint density at radius 2 is 1.83 bits per heavy atom. The van der Waals surface area contributed by atoms with Crippen molar-refractivity contribution in [1.29, 1.82) is 0 Å². The third-order valence-corrected chi connectivity index (χ3v) is 4.71. The first-order chi connectivity index (χ1) is 11.6. The van der Waals surface area contributed by atoms with Crippen LogP contribution in [0.3, 0.4) is 0 Å². The molecule has 1 aromatic heterocycles. The van der Waals surface area contributed by atoms with Gasteiger partial charge in [0.1, 0.15) is 0 Å². The number of carbonyl (C=O) groups excluding carboxylic acids is 2. The Balaban J connectivity index is 1.52. The number of aromatic nitrogens is 1. The normalized spacial score (nSPS) is 10.7. The number of hydrogen-bond acceptors (Lipinski definition) is 4. The van der Waals surface area contributed by atoms with Crippen molar-refractivity contribution in [3.63, 3.8) is 0 Å². The van der Waals surface area contributed by atoms with Gasteiger partial charge in [0, 0.05) is 18.4 Å². The molecule has 3 aromatic rings. The van der Waals surface area contributed by atoms with Crippen LogP contribution in [0.1, 0.15) is 35.2 Å². The number of rotatable bonds is 6. The van der Waals surface area contributed by atoms with Crippen LogP contribution in [0.15, 0.2) is 48.5 Å². The average Bonchev–Trinajstić information content (AvgIpc) is 2.99. The van der Waals surface area contributed by atoms with Crippen LogP contribution < -0.4 is 5.32 Å². The van der Waals surface area contributed by atoms with Crippen LogP contribution in [-0.2, 0) is 4.79 Å². The number of thiazole rings is 1. The van der Waals surface area contributed by atoms with Gasteiger partial charge in [-0.1, -0.05) is 53.8 Å². The second-order valence-corrected chi connectivity index (χ2v) is 6.66. The minimum absolute atomic E-state index is 0.0685. The summed E-state index contributed by atoms with van der Waals surface area (Å²) in [5.74, 6) is -0.0356. The Morgan fingerprint density at radius 3 is 2.58 bits per heavy atom. The Hall–Kier alpha value is -2.53. The van der Waals surface area contributed by atoms with E-state index in [1.54, 1.807) is 12.1 Å². The Kier molecular flexibility index (Phi) is 5.01. The lowest BCUT2D eigenvalue weighted by atomic mass is 10.1. The summed E-state index contributed by atoms with van der Waals surface area (Å²) >= 11 is 1.47. The number of ketones is 1. The quantitative estimate of drug-likeness (QED) is 0.668. The SMILES string of the molecule is Cc1cccc2sc(NC(=O)CCCC(=O)c3ccccc3)nc12. The van der Waals surface area contributed by atoms with Crippen LogP contribution in [0.4, 0.5) is 5.13 Å². The lowest BCUT2D eigenvalue weighted by Crippen LogP contribution is -2.11. The van der Waals surface area contributed by atoms with Crippen molar-refractivity contribution in [3.8, 4) is 0 Å². The number of hydrogen-bond donors (Lipinski definition) is 1. The lowest BCUT2D eigenvalue weighted by Gasteiger charge is -2.02. The van der Waals surface area contributed by atoms with Crippen molar-refractivity contribution in [3.05, 3.63) is 59.7 Å². The molecule has 0 fully saturated rings. The molecule has 4 nitrogen and oxygen atoms in total. The van der Waals surface area contributed by atoms with Gasteiger partial charge in [-0.3, -0.25) is 9.59 Å². The summed E-state index contributed by atoms with van der Waals surface area (Å²) in [4.78, 5) is 28.5. The van der Waals surface area contributed by atoms with Crippen molar-refractivity contribution < 1.29 is 9.59 Å². The largest absolute Gasteiger partial charge is 0.302 e. The van der Waals surface area contributed by atoms with Gasteiger partial charge in [-0.05, 0) is 25.0 Å². The van der Waals surface area contributed by atoms with Crippen LogP contribution in [0.5, 0.6) is 0 Å². The third-order valence-electron chi connectivity index (χ3n) is 3.77. The lowest BCUT2D eigenvalue weighted by molar-refractivity contribution is -0.116. The zero-order valence-electron chi connectivity index (χ0n) is 13.4. The van der Waals surface area contributed by atoms with Gasteiger partial charge >= 0.3 is 0 Å². The molecule has 0 aliphatic carbocycles. The number of nitrogens with zero attached hydrogens (tertiary/aromatic N) is 1. The number of benzene rings is 2. The van der Waals surface area contributed by atoms with E-state index in [1.165, 1.54) is 11.3 Å². The molecule has 5 heteroatoms. The number of aryl methyl sites for hydroxylation is 1. The smallest absolute Gasteiger partial charge is 0.226 e. The van der Waals surface area contributed by atoms with Crippen molar-refractivity contribution in [1.82, 2.24) is 4.98 Å². The fourth-order valence-corrected chi connectivity index (χ4v) is 3.46. The summed E-state index contributed by atoms with van der Waals surface area (Å²) in [5.41, 5.74) is 2.72. The molecule has 2 aromatic carbocycles. The highest BCUT2D eigenvalue weighted by atomic mass is 32.1. The molecule has 0 spiro atoms. The van der Waals surface area contributed by atoms with Crippen molar-refractivity contribution >= 4 is 38.4 Å². The number of para-hydroxylation sites is 1. The molecule has 0 aliphatic heterocycles. The van der Waals surface area contributed by atoms with Crippen molar-refractivity contribution in [2.24, 2.45) is 0 Å². The molecule has 0 bridgehead atoms. The predicted octanol–water partition coefficient (Wildman–Crippen LogP) is 4.60. The van der Waals surface area contributed by atoms with Gasteiger partial charge in [0.2, 0.25) is 5.91 Å². The maximum absolute atomic E-state index is 12.0. The fourth-order valence-electron chi connectivity index (χ4n) is 2.50. The van der Waals surface area contributed by atoms with Crippen LogP contribution in [0.25, 0.3) is 10.2 Å². The summed E-state index contributed by atoms with van der Waals surface area (Å²) in [6, 6.07) is 15.1. The number of fused-ring (bicyclic) bond motifs is 1. The van der Waals surface area contributed by atoms with Gasteiger partial charge < -0.3 is 5.32 Å². The van der Waals surface area contributed by atoms with Crippen LogP contribution in [0, 0.1) is 6.92 Å². The Labute approximate surface area is 144 Å². The molecule has 1 heterocycles.